The molecule has 0 radical (unpaired) electrons. The highest BCUT2D eigenvalue weighted by Gasteiger charge is 2.47. The van der Waals surface area contributed by atoms with Crippen molar-refractivity contribution in [2.75, 3.05) is 10.2 Å². The fraction of sp³-hybridized carbons (Fsp3) is 0.154. The fourth-order valence-corrected chi connectivity index (χ4v) is 3.93. The molecule has 1 aromatic heterocycles. The Morgan fingerprint density at radius 3 is 2.48 bits per heavy atom. The van der Waals surface area contributed by atoms with Crippen molar-refractivity contribution in [2.24, 2.45) is 0 Å². The molecule has 0 spiro atoms. The van der Waals surface area contributed by atoms with Gasteiger partial charge in [-0.05, 0) is 60.9 Å². The number of nitrogens with one attached hydrogen (secondary N) is 1. The van der Waals surface area contributed by atoms with E-state index in [4.69, 9.17) is 0 Å². The van der Waals surface area contributed by atoms with Crippen molar-refractivity contribution in [3.63, 3.8) is 0 Å². The van der Waals surface area contributed by atoms with Crippen molar-refractivity contribution in [3.8, 4) is 0 Å². The van der Waals surface area contributed by atoms with E-state index in [1.807, 2.05) is 19.9 Å². The molecule has 1 unspecified atom stereocenters. The van der Waals surface area contributed by atoms with Crippen LogP contribution < -0.4 is 10.2 Å². The van der Waals surface area contributed by atoms with Gasteiger partial charge in [0.15, 0.2) is 0 Å². The number of carbonyl (C=O) groups is 3. The van der Waals surface area contributed by atoms with E-state index in [9.17, 15) is 19.5 Å². The van der Waals surface area contributed by atoms with Gasteiger partial charge in [0.05, 0.1) is 11.6 Å². The molecule has 0 saturated carbocycles. The van der Waals surface area contributed by atoms with E-state index in [1.165, 1.54) is 11.8 Å². The van der Waals surface area contributed by atoms with Crippen LogP contribution in [0.5, 0.6) is 0 Å². The van der Waals surface area contributed by atoms with Crippen molar-refractivity contribution in [1.29, 1.82) is 0 Å². The number of aromatic nitrogens is 1. The van der Waals surface area contributed by atoms with E-state index in [0.717, 1.165) is 11.1 Å². The minimum absolute atomic E-state index is 0.0128. The Morgan fingerprint density at radius 2 is 1.82 bits per heavy atom. The van der Waals surface area contributed by atoms with Gasteiger partial charge in [0.2, 0.25) is 5.91 Å². The maximum absolute atomic E-state index is 13.2. The first-order valence-corrected chi connectivity index (χ1v) is 10.4. The lowest BCUT2D eigenvalue weighted by Gasteiger charge is -2.25. The van der Waals surface area contributed by atoms with Gasteiger partial charge >= 0.3 is 0 Å². The van der Waals surface area contributed by atoms with E-state index in [1.54, 1.807) is 60.9 Å². The summed E-state index contributed by atoms with van der Waals surface area (Å²) in [5.74, 6) is -2.06. The van der Waals surface area contributed by atoms with Gasteiger partial charge in [-0.3, -0.25) is 24.3 Å². The van der Waals surface area contributed by atoms with Gasteiger partial charge in [0.25, 0.3) is 11.7 Å². The monoisotopic (exact) mass is 441 g/mol. The number of benzene rings is 2. The highest BCUT2D eigenvalue weighted by Crippen LogP contribution is 2.42. The quantitative estimate of drug-likeness (QED) is 0.358. The van der Waals surface area contributed by atoms with Crippen LogP contribution in [0, 0.1) is 13.8 Å². The molecule has 7 nitrogen and oxygen atoms in total. The second-order valence-electron chi connectivity index (χ2n) is 7.99. The minimum atomic E-state index is -0.882. The number of aliphatic hydroxyl groups is 1. The third-order valence-corrected chi connectivity index (χ3v) is 5.67. The predicted octanol–water partition coefficient (Wildman–Crippen LogP) is 4.28. The lowest BCUT2D eigenvalue weighted by Crippen LogP contribution is -2.29. The summed E-state index contributed by atoms with van der Waals surface area (Å²) in [4.78, 5) is 43.4. The van der Waals surface area contributed by atoms with Gasteiger partial charge in [0.1, 0.15) is 5.76 Å². The van der Waals surface area contributed by atoms with Crippen LogP contribution in [0.4, 0.5) is 11.4 Å². The normalized spacial score (nSPS) is 17.3. The molecule has 166 valence electrons. The van der Waals surface area contributed by atoms with Gasteiger partial charge in [-0.25, -0.2) is 0 Å². The second-order valence-corrected chi connectivity index (χ2v) is 7.99. The molecule has 2 N–H and O–H groups in total. The summed E-state index contributed by atoms with van der Waals surface area (Å²) in [5.41, 5.74) is 3.92. The van der Waals surface area contributed by atoms with E-state index >= 15 is 0 Å². The SMILES string of the molecule is CC(=O)Nc1cccc(N2C(=O)C(=O)/C(=C(/O)c3ccc(C)c(C)c3)C2c2cccnc2)c1. The molecular weight excluding hydrogens is 418 g/mol. The first-order valence-electron chi connectivity index (χ1n) is 10.4. The first-order chi connectivity index (χ1) is 15.8. The van der Waals surface area contributed by atoms with Crippen molar-refractivity contribution in [2.45, 2.75) is 26.8 Å². The van der Waals surface area contributed by atoms with Crippen molar-refractivity contribution in [3.05, 3.63) is 94.8 Å². The van der Waals surface area contributed by atoms with Gasteiger partial charge < -0.3 is 10.4 Å². The Bertz CT molecular complexity index is 1300. The smallest absolute Gasteiger partial charge is 0.300 e. The van der Waals surface area contributed by atoms with E-state index in [-0.39, 0.29) is 17.2 Å². The predicted molar refractivity (Wildman–Crippen MR) is 126 cm³/mol. The number of aryl methyl sites for hydroxylation is 2. The lowest BCUT2D eigenvalue weighted by molar-refractivity contribution is -0.132. The second kappa shape index (κ2) is 8.70. The molecule has 2 amide bonds. The number of hydrogen-bond donors (Lipinski definition) is 2. The Morgan fingerprint density at radius 1 is 1.03 bits per heavy atom. The van der Waals surface area contributed by atoms with Crippen LogP contribution in [0.2, 0.25) is 0 Å². The van der Waals surface area contributed by atoms with Crippen LogP contribution >= 0.6 is 0 Å². The van der Waals surface area contributed by atoms with Crippen molar-refractivity contribution in [1.82, 2.24) is 4.98 Å². The topological polar surface area (TPSA) is 99.6 Å². The summed E-state index contributed by atoms with van der Waals surface area (Å²) in [6.07, 6.45) is 3.16. The number of carbonyl (C=O) groups excluding carboxylic acids is 3. The standard InChI is InChI=1S/C26H23N3O4/c1-15-9-10-18(12-16(15)2)24(31)22-23(19-6-5-11-27-14-19)29(26(33)25(22)32)21-8-4-7-20(13-21)28-17(3)30/h4-14,23,31H,1-3H3,(H,28,30)/b24-22+. The number of rotatable bonds is 4. The van der Waals surface area contributed by atoms with E-state index in [2.05, 4.69) is 10.3 Å². The molecule has 1 aliphatic heterocycles. The highest BCUT2D eigenvalue weighted by atomic mass is 16.3. The van der Waals surface area contributed by atoms with E-state index < -0.39 is 17.7 Å². The Hall–Kier alpha value is -4.26. The number of hydrogen-bond acceptors (Lipinski definition) is 5. The molecule has 1 atom stereocenters. The Balaban J connectivity index is 1.91. The summed E-state index contributed by atoms with van der Waals surface area (Å²) in [7, 11) is 0. The average molecular weight is 441 g/mol. The molecule has 0 bridgehead atoms. The van der Waals surface area contributed by atoms with Crippen LogP contribution in [0.1, 0.15) is 35.2 Å². The number of pyridine rings is 1. The number of anilines is 2. The van der Waals surface area contributed by atoms with Gasteiger partial charge in [-0.15, -0.1) is 0 Å². The molecule has 3 aromatic rings. The number of ketones is 1. The number of nitrogens with zero attached hydrogens (tertiary/aromatic N) is 2. The number of aliphatic hydroxyl groups excluding tert-OH is 1. The zero-order valence-electron chi connectivity index (χ0n) is 18.5. The zero-order chi connectivity index (χ0) is 23.7. The average Bonchev–Trinajstić information content (AvgIpc) is 3.06. The Kier molecular flexibility index (Phi) is 5.79. The number of Topliss-reactive ketones (excluding diaryl/α,β-unsaturated/α-hetero) is 1. The molecule has 1 aliphatic rings. The molecular formula is C26H23N3O4. The summed E-state index contributed by atoms with van der Waals surface area (Å²) >= 11 is 0. The fourth-order valence-electron chi connectivity index (χ4n) is 3.93. The molecule has 4 rings (SSSR count). The van der Waals surface area contributed by atoms with E-state index in [0.29, 0.717) is 22.5 Å². The largest absolute Gasteiger partial charge is 0.507 e. The summed E-state index contributed by atoms with van der Waals surface area (Å²) in [6, 6.07) is 14.6. The van der Waals surface area contributed by atoms with Crippen LogP contribution in [0.15, 0.2) is 72.6 Å². The van der Waals surface area contributed by atoms with Crippen LogP contribution in [-0.2, 0) is 14.4 Å². The van der Waals surface area contributed by atoms with Gasteiger partial charge in [-0.1, -0.05) is 24.3 Å². The van der Waals surface area contributed by atoms with Gasteiger partial charge in [-0.2, -0.15) is 0 Å². The van der Waals surface area contributed by atoms with Crippen LogP contribution in [0.25, 0.3) is 5.76 Å². The molecule has 2 heterocycles. The molecule has 1 saturated heterocycles. The molecule has 33 heavy (non-hydrogen) atoms. The molecule has 0 aliphatic carbocycles. The Labute approximate surface area is 191 Å². The van der Waals surface area contributed by atoms with Crippen molar-refractivity contribution < 1.29 is 19.5 Å². The summed E-state index contributed by atoms with van der Waals surface area (Å²) < 4.78 is 0. The lowest BCUT2D eigenvalue weighted by atomic mass is 9.95. The highest BCUT2D eigenvalue weighted by molar-refractivity contribution is 6.51. The molecule has 7 heteroatoms. The third-order valence-electron chi connectivity index (χ3n) is 5.67. The zero-order valence-corrected chi connectivity index (χ0v) is 18.5. The third kappa shape index (κ3) is 4.13. The summed E-state index contributed by atoms with van der Waals surface area (Å²) in [5, 5.41) is 13.9. The minimum Gasteiger partial charge on any atom is -0.507 e. The van der Waals surface area contributed by atoms with Crippen LogP contribution in [0.3, 0.4) is 0 Å². The molecule has 2 aromatic carbocycles. The van der Waals surface area contributed by atoms with Crippen molar-refractivity contribution >= 4 is 34.7 Å². The maximum atomic E-state index is 13.2. The van der Waals surface area contributed by atoms with Gasteiger partial charge in [0, 0.05) is 36.3 Å². The number of amides is 2. The van der Waals surface area contributed by atoms with Crippen LogP contribution in [-0.4, -0.2) is 27.7 Å². The maximum Gasteiger partial charge on any atom is 0.300 e. The molecule has 1 fully saturated rings. The first kappa shape index (κ1) is 22.0. The summed E-state index contributed by atoms with van der Waals surface area (Å²) in [6.45, 7) is 5.25.